The van der Waals surface area contributed by atoms with Crippen LogP contribution in [-0.2, 0) is 11.2 Å². The number of hydrogen-bond donors (Lipinski definition) is 1. The van der Waals surface area contributed by atoms with Crippen molar-refractivity contribution in [2.45, 2.75) is 11.7 Å². The predicted molar refractivity (Wildman–Crippen MR) is 102 cm³/mol. The Kier molecular flexibility index (Phi) is 6.12. The third-order valence-electron chi connectivity index (χ3n) is 4.03. The summed E-state index contributed by atoms with van der Waals surface area (Å²) in [4.78, 5) is 33.0. The third-order valence-corrected chi connectivity index (χ3v) is 5.02. The molecule has 0 bridgehead atoms. The van der Waals surface area contributed by atoms with Gasteiger partial charge in [-0.15, -0.1) is 0 Å². The SMILES string of the molecule is COc1cc(N(C)CCOc2ccc(CC3SC(=O)NC3=O)cc2)ncn1. The van der Waals surface area contributed by atoms with E-state index in [9.17, 15) is 9.59 Å². The average Bonchev–Trinajstić information content (AvgIpc) is 3.00. The minimum atomic E-state index is -0.359. The summed E-state index contributed by atoms with van der Waals surface area (Å²) >= 11 is 1.03. The molecule has 2 amide bonds. The average molecular weight is 388 g/mol. The molecule has 1 aromatic heterocycles. The molecule has 1 aliphatic heterocycles. The Morgan fingerprint density at radius 1 is 1.22 bits per heavy atom. The van der Waals surface area contributed by atoms with Crippen molar-refractivity contribution in [2.24, 2.45) is 0 Å². The number of carbonyl (C=O) groups is 2. The van der Waals surface area contributed by atoms with Gasteiger partial charge in [-0.2, -0.15) is 0 Å². The van der Waals surface area contributed by atoms with E-state index in [4.69, 9.17) is 9.47 Å². The number of imide groups is 1. The third kappa shape index (κ3) is 5.10. The smallest absolute Gasteiger partial charge is 0.286 e. The molecule has 1 aromatic carbocycles. The Bertz CT molecular complexity index is 815. The Morgan fingerprint density at radius 2 is 2.00 bits per heavy atom. The number of carbonyl (C=O) groups excluding carboxylic acids is 2. The molecule has 2 heterocycles. The van der Waals surface area contributed by atoms with Crippen LogP contribution in [0.3, 0.4) is 0 Å². The molecule has 1 atom stereocenters. The van der Waals surface area contributed by atoms with Crippen molar-refractivity contribution in [1.29, 1.82) is 0 Å². The van der Waals surface area contributed by atoms with E-state index >= 15 is 0 Å². The molecule has 9 heteroatoms. The minimum absolute atomic E-state index is 0.227. The number of amides is 2. The maximum atomic E-state index is 11.6. The van der Waals surface area contributed by atoms with E-state index in [1.807, 2.05) is 36.2 Å². The molecular weight excluding hydrogens is 368 g/mol. The molecule has 3 rings (SSSR count). The number of thioether (sulfide) groups is 1. The van der Waals surface area contributed by atoms with Crippen molar-refractivity contribution in [3.8, 4) is 11.6 Å². The van der Waals surface area contributed by atoms with Crippen LogP contribution in [0.2, 0.25) is 0 Å². The second-order valence-corrected chi connectivity index (χ2v) is 7.10. The van der Waals surface area contributed by atoms with Gasteiger partial charge in [-0.25, -0.2) is 9.97 Å². The van der Waals surface area contributed by atoms with Crippen molar-refractivity contribution < 1.29 is 19.1 Å². The number of benzene rings is 1. The predicted octanol–water partition coefficient (Wildman–Crippen LogP) is 1.89. The van der Waals surface area contributed by atoms with E-state index < -0.39 is 0 Å². The summed E-state index contributed by atoms with van der Waals surface area (Å²) in [5.41, 5.74) is 0.981. The van der Waals surface area contributed by atoms with Crippen molar-refractivity contribution in [3.63, 3.8) is 0 Å². The zero-order chi connectivity index (χ0) is 19.2. The number of likely N-dealkylation sites (N-methyl/N-ethyl adjacent to an activating group) is 1. The molecule has 1 fully saturated rings. The first kappa shape index (κ1) is 19.0. The molecule has 142 valence electrons. The van der Waals surface area contributed by atoms with Gasteiger partial charge < -0.3 is 14.4 Å². The normalized spacial score (nSPS) is 16.1. The summed E-state index contributed by atoms with van der Waals surface area (Å²) in [5.74, 6) is 1.78. The number of rotatable bonds is 8. The van der Waals surface area contributed by atoms with Crippen molar-refractivity contribution in [1.82, 2.24) is 15.3 Å². The standard InChI is InChI=1S/C18H20N4O4S/c1-22(15-10-16(25-2)20-11-19-15)7-8-26-13-5-3-12(4-6-13)9-14-17(23)21-18(24)27-14/h3-6,10-11,14H,7-9H2,1-2H3,(H,21,23,24). The van der Waals surface area contributed by atoms with Crippen molar-refractivity contribution in [3.05, 3.63) is 42.2 Å². The molecule has 1 unspecified atom stereocenters. The van der Waals surface area contributed by atoms with Crippen LogP contribution in [0.25, 0.3) is 0 Å². The van der Waals surface area contributed by atoms with Crippen LogP contribution in [0.4, 0.5) is 10.6 Å². The fourth-order valence-corrected chi connectivity index (χ4v) is 3.39. The minimum Gasteiger partial charge on any atom is -0.492 e. The summed E-state index contributed by atoms with van der Waals surface area (Å²) in [6.45, 7) is 1.13. The number of hydrogen-bond acceptors (Lipinski definition) is 8. The first-order valence-electron chi connectivity index (χ1n) is 8.35. The maximum Gasteiger partial charge on any atom is 0.286 e. The van der Waals surface area contributed by atoms with Gasteiger partial charge in [0.15, 0.2) is 0 Å². The van der Waals surface area contributed by atoms with Crippen LogP contribution in [-0.4, -0.2) is 53.7 Å². The number of nitrogens with one attached hydrogen (secondary N) is 1. The largest absolute Gasteiger partial charge is 0.492 e. The molecule has 0 spiro atoms. The zero-order valence-corrected chi connectivity index (χ0v) is 15.9. The summed E-state index contributed by atoms with van der Waals surface area (Å²) in [7, 11) is 3.48. The highest BCUT2D eigenvalue weighted by Gasteiger charge is 2.31. The zero-order valence-electron chi connectivity index (χ0n) is 15.0. The monoisotopic (exact) mass is 388 g/mol. The van der Waals surface area contributed by atoms with Gasteiger partial charge in [-0.3, -0.25) is 14.9 Å². The van der Waals surface area contributed by atoms with Gasteiger partial charge in [0.25, 0.3) is 5.24 Å². The summed E-state index contributed by atoms with van der Waals surface area (Å²) in [6.07, 6.45) is 1.97. The Morgan fingerprint density at radius 3 is 2.67 bits per heavy atom. The highest BCUT2D eigenvalue weighted by molar-refractivity contribution is 8.15. The maximum absolute atomic E-state index is 11.6. The van der Waals surface area contributed by atoms with E-state index in [-0.39, 0.29) is 16.4 Å². The number of aromatic nitrogens is 2. The molecule has 8 nitrogen and oxygen atoms in total. The highest BCUT2D eigenvalue weighted by atomic mass is 32.2. The van der Waals surface area contributed by atoms with Crippen molar-refractivity contribution in [2.75, 3.05) is 32.2 Å². The Labute approximate surface area is 161 Å². The quantitative estimate of drug-likeness (QED) is 0.733. The lowest BCUT2D eigenvalue weighted by Gasteiger charge is -2.18. The molecule has 0 radical (unpaired) electrons. The lowest BCUT2D eigenvalue weighted by Crippen LogP contribution is -2.25. The lowest BCUT2D eigenvalue weighted by molar-refractivity contribution is -0.118. The van der Waals surface area contributed by atoms with E-state index in [2.05, 4.69) is 15.3 Å². The highest BCUT2D eigenvalue weighted by Crippen LogP contribution is 2.24. The van der Waals surface area contributed by atoms with Gasteiger partial charge in [-0.1, -0.05) is 23.9 Å². The molecule has 0 aliphatic carbocycles. The van der Waals surface area contributed by atoms with Crippen LogP contribution in [0, 0.1) is 0 Å². The van der Waals surface area contributed by atoms with Gasteiger partial charge in [0.1, 0.15) is 24.5 Å². The van der Waals surface area contributed by atoms with Crippen molar-refractivity contribution >= 4 is 28.7 Å². The Balaban J connectivity index is 1.47. The molecule has 27 heavy (non-hydrogen) atoms. The van der Waals surface area contributed by atoms with E-state index in [0.29, 0.717) is 25.5 Å². The summed E-state index contributed by atoms with van der Waals surface area (Å²) in [5, 5.41) is 1.66. The summed E-state index contributed by atoms with van der Waals surface area (Å²) in [6, 6.07) is 9.30. The van der Waals surface area contributed by atoms with Gasteiger partial charge in [-0.05, 0) is 24.1 Å². The van der Waals surface area contributed by atoms with Gasteiger partial charge >= 0.3 is 0 Å². The van der Waals surface area contributed by atoms with E-state index in [1.54, 1.807) is 13.2 Å². The molecule has 1 saturated heterocycles. The number of nitrogens with zero attached hydrogens (tertiary/aromatic N) is 3. The molecule has 1 aliphatic rings. The Hall–Kier alpha value is -2.81. The van der Waals surface area contributed by atoms with E-state index in [0.717, 1.165) is 28.9 Å². The fraction of sp³-hybridized carbons (Fsp3) is 0.333. The second-order valence-electron chi connectivity index (χ2n) is 5.92. The fourth-order valence-electron chi connectivity index (χ4n) is 2.53. The number of anilines is 1. The van der Waals surface area contributed by atoms with Crippen LogP contribution in [0.15, 0.2) is 36.7 Å². The molecule has 2 aromatic rings. The van der Waals surface area contributed by atoms with E-state index in [1.165, 1.54) is 6.33 Å². The molecule has 1 N–H and O–H groups in total. The molecule has 0 saturated carbocycles. The van der Waals surface area contributed by atoms with Crippen LogP contribution < -0.4 is 19.7 Å². The number of methoxy groups -OCH3 is 1. The topological polar surface area (TPSA) is 93.7 Å². The van der Waals surface area contributed by atoms with Crippen LogP contribution in [0.5, 0.6) is 11.6 Å². The lowest BCUT2D eigenvalue weighted by atomic mass is 10.1. The van der Waals surface area contributed by atoms with Gasteiger partial charge in [0.05, 0.1) is 18.9 Å². The first-order chi connectivity index (χ1) is 13.0. The first-order valence-corrected chi connectivity index (χ1v) is 9.23. The van der Waals surface area contributed by atoms with Crippen LogP contribution in [0.1, 0.15) is 5.56 Å². The van der Waals surface area contributed by atoms with Gasteiger partial charge in [0.2, 0.25) is 11.8 Å². The summed E-state index contributed by atoms with van der Waals surface area (Å²) < 4.78 is 10.9. The molecular formula is C18H20N4O4S. The second kappa shape index (κ2) is 8.72. The van der Waals surface area contributed by atoms with Crippen LogP contribution >= 0.6 is 11.8 Å². The van der Waals surface area contributed by atoms with Gasteiger partial charge in [0, 0.05) is 13.1 Å². The number of ether oxygens (including phenoxy) is 2.